The zero-order chi connectivity index (χ0) is 13.5. The lowest BCUT2D eigenvalue weighted by Gasteiger charge is -2.07. The number of Topliss-reactive ketones (excluding diaryl/α,β-unsaturated/α-hetero) is 1. The smallest absolute Gasteiger partial charge is 0.220 e. The Morgan fingerprint density at radius 1 is 1.17 bits per heavy atom. The third-order valence-corrected chi connectivity index (χ3v) is 2.82. The van der Waals surface area contributed by atoms with Gasteiger partial charge in [0.15, 0.2) is 5.78 Å². The molecule has 1 aromatic carbocycles. The zero-order valence-electron chi connectivity index (χ0n) is 11.3. The molecule has 0 heterocycles. The lowest BCUT2D eigenvalue weighted by Crippen LogP contribution is -2.29. The Morgan fingerprint density at radius 2 is 1.78 bits per heavy atom. The molecule has 0 fully saturated rings. The number of amides is 1. The fraction of sp³-hybridized carbons (Fsp3) is 0.467. The minimum absolute atomic E-state index is 0.0465. The Bertz CT molecular complexity index is 407. The molecule has 0 unspecified atom stereocenters. The quantitative estimate of drug-likeness (QED) is 0.786. The molecule has 0 aromatic heterocycles. The fourth-order valence-electron chi connectivity index (χ4n) is 1.65. The summed E-state index contributed by atoms with van der Waals surface area (Å²) in [5, 5.41) is 2.63. The molecule has 3 heteroatoms. The summed E-state index contributed by atoms with van der Waals surface area (Å²) in [5.74, 6) is 0.345. The summed E-state index contributed by atoms with van der Waals surface area (Å²) in [7, 11) is 0. The van der Waals surface area contributed by atoms with Crippen molar-refractivity contribution in [2.75, 3.05) is 6.54 Å². The van der Waals surface area contributed by atoms with Gasteiger partial charge < -0.3 is 5.32 Å². The summed E-state index contributed by atoms with van der Waals surface area (Å²) < 4.78 is 0. The van der Waals surface area contributed by atoms with Crippen LogP contribution in [0.4, 0.5) is 0 Å². The number of carbonyl (C=O) groups is 2. The lowest BCUT2D eigenvalue weighted by molar-refractivity contribution is -0.120. The van der Waals surface area contributed by atoms with E-state index >= 15 is 0 Å². The molecule has 1 amide bonds. The van der Waals surface area contributed by atoms with Crippen LogP contribution >= 0.6 is 0 Å². The predicted molar refractivity (Wildman–Crippen MR) is 72.8 cm³/mol. The monoisotopic (exact) mass is 247 g/mol. The second kappa shape index (κ2) is 6.94. The van der Waals surface area contributed by atoms with E-state index in [9.17, 15) is 9.59 Å². The van der Waals surface area contributed by atoms with Crippen LogP contribution in [0.25, 0.3) is 0 Å². The third kappa shape index (κ3) is 4.32. The Labute approximate surface area is 109 Å². The van der Waals surface area contributed by atoms with Gasteiger partial charge in [0.1, 0.15) is 0 Å². The van der Waals surface area contributed by atoms with Gasteiger partial charge in [-0.25, -0.2) is 0 Å². The Balaban J connectivity index is 2.54. The fourth-order valence-corrected chi connectivity index (χ4v) is 1.65. The van der Waals surface area contributed by atoms with Gasteiger partial charge in [-0.05, 0) is 17.9 Å². The van der Waals surface area contributed by atoms with Crippen LogP contribution in [0.5, 0.6) is 0 Å². The normalized spacial score (nSPS) is 10.4. The average Bonchev–Trinajstić information content (AvgIpc) is 2.36. The number of benzene rings is 1. The maximum absolute atomic E-state index is 11.8. The van der Waals surface area contributed by atoms with Crippen molar-refractivity contribution in [3.63, 3.8) is 0 Å². The molecule has 0 spiro atoms. The number of hydrogen-bond acceptors (Lipinski definition) is 2. The minimum atomic E-state index is -0.0651. The zero-order valence-corrected chi connectivity index (χ0v) is 11.3. The van der Waals surface area contributed by atoms with Gasteiger partial charge in [-0.15, -0.1) is 0 Å². The van der Waals surface area contributed by atoms with Crippen LogP contribution in [0, 0.1) is 0 Å². The van der Waals surface area contributed by atoms with E-state index in [-0.39, 0.29) is 18.2 Å². The summed E-state index contributed by atoms with van der Waals surface area (Å²) in [6.45, 7) is 6.25. The molecule has 0 aliphatic rings. The first-order chi connectivity index (χ1) is 8.54. The van der Waals surface area contributed by atoms with E-state index in [0.29, 0.717) is 17.9 Å². The van der Waals surface area contributed by atoms with E-state index in [0.717, 1.165) is 6.42 Å². The molecule has 0 saturated carbocycles. The summed E-state index contributed by atoms with van der Waals surface area (Å²) in [5.41, 5.74) is 1.86. The third-order valence-electron chi connectivity index (χ3n) is 2.82. The molecule has 0 atom stereocenters. The van der Waals surface area contributed by atoms with Crippen molar-refractivity contribution in [2.45, 2.75) is 39.5 Å². The second-order valence-corrected chi connectivity index (χ2v) is 4.73. The van der Waals surface area contributed by atoms with Gasteiger partial charge in [0, 0.05) is 12.0 Å². The van der Waals surface area contributed by atoms with Crippen LogP contribution in [0.2, 0.25) is 0 Å². The lowest BCUT2D eigenvalue weighted by atomic mass is 10.0. The molecular weight excluding hydrogens is 226 g/mol. The highest BCUT2D eigenvalue weighted by atomic mass is 16.2. The molecule has 0 saturated heterocycles. The highest BCUT2D eigenvalue weighted by Crippen LogP contribution is 2.14. The Hall–Kier alpha value is -1.64. The van der Waals surface area contributed by atoms with Crippen molar-refractivity contribution in [2.24, 2.45) is 0 Å². The van der Waals surface area contributed by atoms with Crippen molar-refractivity contribution in [1.29, 1.82) is 0 Å². The van der Waals surface area contributed by atoms with Crippen molar-refractivity contribution in [1.82, 2.24) is 5.32 Å². The van der Waals surface area contributed by atoms with Crippen LogP contribution in [0.1, 0.15) is 55.5 Å². The van der Waals surface area contributed by atoms with Crippen molar-refractivity contribution in [3.05, 3.63) is 35.4 Å². The maximum Gasteiger partial charge on any atom is 0.220 e. The number of nitrogens with one attached hydrogen (secondary N) is 1. The molecule has 1 aromatic rings. The summed E-state index contributed by atoms with van der Waals surface area (Å²) >= 11 is 0. The molecular formula is C15H21NO2. The molecule has 0 radical (unpaired) electrons. The van der Waals surface area contributed by atoms with Crippen molar-refractivity contribution >= 4 is 11.7 Å². The van der Waals surface area contributed by atoms with E-state index in [1.165, 1.54) is 5.56 Å². The average molecular weight is 247 g/mol. The molecule has 0 aliphatic heterocycles. The predicted octanol–water partition coefficient (Wildman–Crippen LogP) is 2.91. The molecule has 1 N–H and O–H groups in total. The maximum atomic E-state index is 11.8. The van der Waals surface area contributed by atoms with Gasteiger partial charge in [0.25, 0.3) is 0 Å². The number of hydrogen-bond donors (Lipinski definition) is 1. The molecule has 18 heavy (non-hydrogen) atoms. The topological polar surface area (TPSA) is 46.2 Å². The molecule has 98 valence electrons. The molecule has 1 rings (SSSR count). The van der Waals surface area contributed by atoms with E-state index in [1.54, 1.807) is 0 Å². The number of carbonyl (C=O) groups excluding carboxylic acids is 2. The number of rotatable bonds is 6. The van der Waals surface area contributed by atoms with Crippen LogP contribution in [-0.2, 0) is 4.79 Å². The largest absolute Gasteiger partial charge is 0.349 e. The van der Waals surface area contributed by atoms with Gasteiger partial charge in [-0.1, -0.05) is 45.0 Å². The summed E-state index contributed by atoms with van der Waals surface area (Å²) in [4.78, 5) is 23.1. The van der Waals surface area contributed by atoms with Gasteiger partial charge in [0.05, 0.1) is 6.54 Å². The van der Waals surface area contributed by atoms with Crippen molar-refractivity contribution < 1.29 is 9.59 Å². The second-order valence-electron chi connectivity index (χ2n) is 4.73. The highest BCUT2D eigenvalue weighted by Gasteiger charge is 2.08. The Morgan fingerprint density at radius 3 is 2.28 bits per heavy atom. The molecule has 0 aliphatic carbocycles. The first-order valence-electron chi connectivity index (χ1n) is 6.44. The van der Waals surface area contributed by atoms with Gasteiger partial charge in [-0.3, -0.25) is 9.59 Å². The van der Waals surface area contributed by atoms with E-state index < -0.39 is 0 Å². The first-order valence-corrected chi connectivity index (χ1v) is 6.44. The van der Waals surface area contributed by atoms with E-state index in [1.807, 2.05) is 31.2 Å². The van der Waals surface area contributed by atoms with Crippen LogP contribution in [0.15, 0.2) is 24.3 Å². The highest BCUT2D eigenvalue weighted by molar-refractivity contribution is 5.99. The molecule has 0 bridgehead atoms. The Kier molecular flexibility index (Phi) is 5.56. The van der Waals surface area contributed by atoms with Crippen LogP contribution in [0.3, 0.4) is 0 Å². The SMILES string of the molecule is CCCC(=O)NCC(=O)c1ccc(C(C)C)cc1. The first kappa shape index (κ1) is 14.4. The van der Waals surface area contributed by atoms with Crippen LogP contribution < -0.4 is 5.32 Å². The van der Waals surface area contributed by atoms with Gasteiger partial charge in [-0.2, -0.15) is 0 Å². The molecule has 3 nitrogen and oxygen atoms in total. The van der Waals surface area contributed by atoms with Gasteiger partial charge in [0.2, 0.25) is 5.91 Å². The van der Waals surface area contributed by atoms with E-state index in [4.69, 9.17) is 0 Å². The van der Waals surface area contributed by atoms with Crippen molar-refractivity contribution in [3.8, 4) is 0 Å². The standard InChI is InChI=1S/C15H21NO2/c1-4-5-15(18)16-10-14(17)13-8-6-12(7-9-13)11(2)3/h6-9,11H,4-5,10H2,1-3H3,(H,16,18). The van der Waals surface area contributed by atoms with Gasteiger partial charge >= 0.3 is 0 Å². The van der Waals surface area contributed by atoms with Crippen LogP contribution in [-0.4, -0.2) is 18.2 Å². The van der Waals surface area contributed by atoms with E-state index in [2.05, 4.69) is 19.2 Å². The summed E-state index contributed by atoms with van der Waals surface area (Å²) in [6.07, 6.45) is 1.27. The summed E-state index contributed by atoms with van der Waals surface area (Å²) in [6, 6.07) is 7.57. The minimum Gasteiger partial charge on any atom is -0.349 e. The number of ketones is 1.